The molecule has 1 fully saturated rings. The van der Waals surface area contributed by atoms with E-state index in [1.54, 1.807) is 14.2 Å². The first-order valence-electron chi connectivity index (χ1n) is 9.49. The standard InChI is InChI=1S/C22H30N2O3/c1-16-13-24(17(2)12-23-16)14-19-10-20(25-3)22(21(11-19)26-4)27-15-18-8-6-5-7-9-18/h5-11,16-17,23H,12-15H2,1-4H3. The molecule has 146 valence electrons. The van der Waals surface area contributed by atoms with Gasteiger partial charge in [-0.15, -0.1) is 0 Å². The Labute approximate surface area is 162 Å². The Bertz CT molecular complexity index is 711. The second-order valence-electron chi connectivity index (χ2n) is 7.19. The fourth-order valence-electron chi connectivity index (χ4n) is 3.45. The van der Waals surface area contributed by atoms with Crippen LogP contribution in [-0.4, -0.2) is 44.3 Å². The van der Waals surface area contributed by atoms with E-state index in [0.29, 0.717) is 35.9 Å². The smallest absolute Gasteiger partial charge is 0.203 e. The van der Waals surface area contributed by atoms with Crippen LogP contribution in [0.2, 0.25) is 0 Å². The van der Waals surface area contributed by atoms with Crippen molar-refractivity contribution in [2.75, 3.05) is 27.3 Å². The van der Waals surface area contributed by atoms with Crippen LogP contribution < -0.4 is 19.5 Å². The van der Waals surface area contributed by atoms with Crippen molar-refractivity contribution in [3.63, 3.8) is 0 Å². The summed E-state index contributed by atoms with van der Waals surface area (Å²) in [5.74, 6) is 2.06. The van der Waals surface area contributed by atoms with Gasteiger partial charge in [-0.3, -0.25) is 4.90 Å². The lowest BCUT2D eigenvalue weighted by Crippen LogP contribution is -2.53. The third kappa shape index (κ3) is 4.93. The van der Waals surface area contributed by atoms with Crippen molar-refractivity contribution in [3.8, 4) is 17.2 Å². The third-order valence-electron chi connectivity index (χ3n) is 5.03. The molecule has 0 bridgehead atoms. The first-order valence-corrected chi connectivity index (χ1v) is 9.49. The summed E-state index contributed by atoms with van der Waals surface area (Å²) >= 11 is 0. The van der Waals surface area contributed by atoms with Crippen molar-refractivity contribution >= 4 is 0 Å². The van der Waals surface area contributed by atoms with E-state index in [-0.39, 0.29) is 0 Å². The van der Waals surface area contributed by atoms with Crippen LogP contribution >= 0.6 is 0 Å². The van der Waals surface area contributed by atoms with Gasteiger partial charge in [-0.2, -0.15) is 0 Å². The summed E-state index contributed by atoms with van der Waals surface area (Å²) in [7, 11) is 3.34. The SMILES string of the molecule is COc1cc(CN2CC(C)NCC2C)cc(OC)c1OCc1ccccc1. The summed E-state index contributed by atoms with van der Waals surface area (Å²) < 4.78 is 17.3. The number of nitrogens with zero attached hydrogens (tertiary/aromatic N) is 1. The predicted molar refractivity (Wildman–Crippen MR) is 108 cm³/mol. The highest BCUT2D eigenvalue weighted by Crippen LogP contribution is 2.39. The topological polar surface area (TPSA) is 43.0 Å². The number of nitrogens with one attached hydrogen (secondary N) is 1. The zero-order valence-corrected chi connectivity index (χ0v) is 16.7. The molecule has 0 spiro atoms. The molecule has 1 aliphatic rings. The molecule has 0 amide bonds. The van der Waals surface area contributed by atoms with Crippen molar-refractivity contribution in [2.24, 2.45) is 0 Å². The summed E-state index contributed by atoms with van der Waals surface area (Å²) in [4.78, 5) is 2.49. The first kappa shape index (κ1) is 19.5. The summed E-state index contributed by atoms with van der Waals surface area (Å²) in [5, 5.41) is 3.52. The molecular weight excluding hydrogens is 340 g/mol. The van der Waals surface area contributed by atoms with Gasteiger partial charge in [0.2, 0.25) is 5.75 Å². The third-order valence-corrected chi connectivity index (χ3v) is 5.03. The number of rotatable bonds is 7. The number of hydrogen-bond acceptors (Lipinski definition) is 5. The Hall–Kier alpha value is -2.24. The molecular formula is C22H30N2O3. The lowest BCUT2D eigenvalue weighted by Gasteiger charge is -2.37. The van der Waals surface area contributed by atoms with Gasteiger partial charge in [0.15, 0.2) is 11.5 Å². The van der Waals surface area contributed by atoms with E-state index >= 15 is 0 Å². The van der Waals surface area contributed by atoms with Crippen LogP contribution in [0, 0.1) is 0 Å². The molecule has 1 heterocycles. The minimum Gasteiger partial charge on any atom is -0.493 e. The number of piperazine rings is 1. The molecule has 5 nitrogen and oxygen atoms in total. The Morgan fingerprint density at radius 3 is 2.30 bits per heavy atom. The minimum absolute atomic E-state index is 0.471. The second kappa shape index (κ2) is 9.11. The molecule has 2 aromatic rings. The zero-order chi connectivity index (χ0) is 19.2. The zero-order valence-electron chi connectivity index (χ0n) is 16.7. The van der Waals surface area contributed by atoms with Gasteiger partial charge in [-0.25, -0.2) is 0 Å². The lowest BCUT2D eigenvalue weighted by molar-refractivity contribution is 0.138. The Morgan fingerprint density at radius 1 is 1.00 bits per heavy atom. The predicted octanol–water partition coefficient (Wildman–Crippen LogP) is 3.47. The Morgan fingerprint density at radius 2 is 1.67 bits per heavy atom. The maximum atomic E-state index is 6.05. The van der Waals surface area contributed by atoms with E-state index in [1.807, 2.05) is 30.3 Å². The Kier molecular flexibility index (Phi) is 6.58. The quantitative estimate of drug-likeness (QED) is 0.808. The molecule has 1 aliphatic heterocycles. The van der Waals surface area contributed by atoms with E-state index in [9.17, 15) is 0 Å². The van der Waals surface area contributed by atoms with Crippen LogP contribution in [0.25, 0.3) is 0 Å². The van der Waals surface area contributed by atoms with Gasteiger partial charge < -0.3 is 19.5 Å². The molecule has 2 unspecified atom stereocenters. The van der Waals surface area contributed by atoms with Gasteiger partial charge in [0.25, 0.3) is 0 Å². The number of hydrogen-bond donors (Lipinski definition) is 1. The van der Waals surface area contributed by atoms with Gasteiger partial charge in [-0.05, 0) is 37.1 Å². The molecule has 5 heteroatoms. The van der Waals surface area contributed by atoms with Gasteiger partial charge >= 0.3 is 0 Å². The van der Waals surface area contributed by atoms with E-state index in [1.165, 1.54) is 0 Å². The normalized spacial score (nSPS) is 20.3. The summed E-state index contributed by atoms with van der Waals surface area (Å²) in [6.45, 7) is 7.84. The molecule has 1 N–H and O–H groups in total. The highest BCUT2D eigenvalue weighted by molar-refractivity contribution is 5.54. The fourth-order valence-corrected chi connectivity index (χ4v) is 3.45. The second-order valence-corrected chi connectivity index (χ2v) is 7.19. The average Bonchev–Trinajstić information content (AvgIpc) is 2.69. The van der Waals surface area contributed by atoms with Crippen LogP contribution in [0.3, 0.4) is 0 Å². The molecule has 0 aliphatic carbocycles. The van der Waals surface area contributed by atoms with E-state index in [4.69, 9.17) is 14.2 Å². The van der Waals surface area contributed by atoms with Crippen LogP contribution in [0.4, 0.5) is 0 Å². The van der Waals surface area contributed by atoms with Gasteiger partial charge in [-0.1, -0.05) is 30.3 Å². The van der Waals surface area contributed by atoms with Crippen LogP contribution in [-0.2, 0) is 13.2 Å². The highest BCUT2D eigenvalue weighted by atomic mass is 16.5. The largest absolute Gasteiger partial charge is 0.493 e. The molecule has 0 radical (unpaired) electrons. The molecule has 27 heavy (non-hydrogen) atoms. The maximum Gasteiger partial charge on any atom is 0.203 e. The first-order chi connectivity index (χ1) is 13.1. The molecule has 1 saturated heterocycles. The lowest BCUT2D eigenvalue weighted by atomic mass is 10.1. The molecule has 0 saturated carbocycles. The van der Waals surface area contributed by atoms with Crippen molar-refractivity contribution in [2.45, 2.75) is 39.1 Å². The monoisotopic (exact) mass is 370 g/mol. The molecule has 0 aromatic heterocycles. The van der Waals surface area contributed by atoms with Gasteiger partial charge in [0.1, 0.15) is 6.61 Å². The van der Waals surface area contributed by atoms with E-state index in [0.717, 1.165) is 30.8 Å². The number of methoxy groups -OCH3 is 2. The van der Waals surface area contributed by atoms with Crippen molar-refractivity contribution < 1.29 is 14.2 Å². The maximum absolute atomic E-state index is 6.05. The fraction of sp³-hybridized carbons (Fsp3) is 0.455. The van der Waals surface area contributed by atoms with Crippen LogP contribution in [0.5, 0.6) is 17.2 Å². The highest BCUT2D eigenvalue weighted by Gasteiger charge is 2.23. The van der Waals surface area contributed by atoms with Crippen LogP contribution in [0.15, 0.2) is 42.5 Å². The van der Waals surface area contributed by atoms with Gasteiger partial charge in [0.05, 0.1) is 14.2 Å². The van der Waals surface area contributed by atoms with Crippen LogP contribution in [0.1, 0.15) is 25.0 Å². The minimum atomic E-state index is 0.471. The summed E-state index contributed by atoms with van der Waals surface area (Å²) in [5.41, 5.74) is 2.27. The average molecular weight is 370 g/mol. The molecule has 2 atom stereocenters. The number of benzene rings is 2. The summed E-state index contributed by atoms with van der Waals surface area (Å²) in [6, 6.07) is 15.2. The molecule has 3 rings (SSSR count). The Balaban J connectivity index is 1.79. The van der Waals surface area contributed by atoms with Crippen molar-refractivity contribution in [1.29, 1.82) is 0 Å². The van der Waals surface area contributed by atoms with Crippen molar-refractivity contribution in [1.82, 2.24) is 10.2 Å². The van der Waals surface area contributed by atoms with Gasteiger partial charge in [0, 0.05) is 31.7 Å². The van der Waals surface area contributed by atoms with Crippen molar-refractivity contribution in [3.05, 3.63) is 53.6 Å². The number of ether oxygens (including phenoxy) is 3. The van der Waals surface area contributed by atoms with E-state index < -0.39 is 0 Å². The molecule has 2 aromatic carbocycles. The van der Waals surface area contributed by atoms with E-state index in [2.05, 4.69) is 36.2 Å². The summed E-state index contributed by atoms with van der Waals surface area (Å²) in [6.07, 6.45) is 0.